The molecule has 0 spiro atoms. The number of alkyl halides is 3. The van der Waals surface area contributed by atoms with Gasteiger partial charge in [0.15, 0.2) is 0 Å². The fourth-order valence-corrected chi connectivity index (χ4v) is 8.57. The van der Waals surface area contributed by atoms with Crippen molar-refractivity contribution in [2.75, 3.05) is 7.11 Å². The molecule has 0 heterocycles. The Hall–Kier alpha value is -1.02. The molecule has 0 amide bonds. The molecule has 1 aromatic rings. The van der Waals surface area contributed by atoms with Gasteiger partial charge < -0.3 is 4.74 Å². The second-order valence-electron chi connectivity index (χ2n) is 7.48. The minimum Gasteiger partial charge on any atom is -0.497 e. The molecule has 124 valence electrons. The Kier molecular flexibility index (Phi) is 5.39. The molecule has 1 rings (SSSR count). The van der Waals surface area contributed by atoms with Gasteiger partial charge in [0.1, 0.15) is 5.75 Å². The van der Waals surface area contributed by atoms with Crippen LogP contribution in [0, 0.1) is 0 Å². The van der Waals surface area contributed by atoms with Gasteiger partial charge in [-0.2, -0.15) is 13.2 Å². The molecule has 22 heavy (non-hydrogen) atoms. The molecule has 0 aliphatic rings. The molecular weight excluding hydrogens is 321 g/mol. The zero-order valence-electron chi connectivity index (χ0n) is 14.4. The summed E-state index contributed by atoms with van der Waals surface area (Å²) in [4.78, 5) is 0. The highest BCUT2D eigenvalue weighted by atomic mass is 28.3. The lowest BCUT2D eigenvalue weighted by molar-refractivity contribution is -0.0850. The summed E-state index contributed by atoms with van der Waals surface area (Å²) in [5.41, 5.74) is 0.676. The molecule has 0 bridgehead atoms. The lowest BCUT2D eigenvalue weighted by atomic mass is 10.2. The van der Waals surface area contributed by atoms with Crippen LogP contribution in [-0.2, 0) is 0 Å². The zero-order chi connectivity index (χ0) is 17.3. The van der Waals surface area contributed by atoms with Crippen molar-refractivity contribution in [1.82, 2.24) is 0 Å². The maximum atomic E-state index is 13.8. The summed E-state index contributed by atoms with van der Waals surface area (Å²) in [6, 6.07) is 6.96. The van der Waals surface area contributed by atoms with Crippen molar-refractivity contribution in [3.8, 4) is 5.75 Å². The molecule has 1 nitrogen and oxygen atoms in total. The van der Waals surface area contributed by atoms with E-state index in [-0.39, 0.29) is 5.20 Å². The number of methoxy groups -OCH3 is 1. The van der Waals surface area contributed by atoms with E-state index in [1.54, 1.807) is 51.0 Å². The van der Waals surface area contributed by atoms with Gasteiger partial charge in [0.05, 0.1) is 23.3 Å². The van der Waals surface area contributed by atoms with Gasteiger partial charge in [-0.25, -0.2) is 0 Å². The second-order valence-corrected chi connectivity index (χ2v) is 17.5. The maximum Gasteiger partial charge on any atom is 0.409 e. The number of hydrogen-bond acceptors (Lipinski definition) is 1. The van der Waals surface area contributed by atoms with Crippen LogP contribution in [0.25, 0.3) is 5.20 Å². The van der Waals surface area contributed by atoms with Crippen molar-refractivity contribution >= 4 is 21.3 Å². The molecule has 0 saturated heterocycles. The Morgan fingerprint density at radius 2 is 1.32 bits per heavy atom. The molecule has 0 aliphatic heterocycles. The summed E-state index contributed by atoms with van der Waals surface area (Å²) in [5, 5.41) is 0.256. The summed E-state index contributed by atoms with van der Waals surface area (Å²) in [7, 11) is -3.18. The van der Waals surface area contributed by atoms with Crippen molar-refractivity contribution in [2.45, 2.75) is 45.5 Å². The monoisotopic (exact) mass is 346 g/mol. The topological polar surface area (TPSA) is 9.23 Å². The third kappa shape index (κ3) is 4.49. The van der Waals surface area contributed by atoms with Crippen molar-refractivity contribution in [3.05, 3.63) is 35.0 Å². The molecular formula is C16H25F3OSi2. The normalized spacial score (nSPS) is 14.6. The first kappa shape index (κ1) is 19.0. The molecule has 1 aromatic carbocycles. The van der Waals surface area contributed by atoms with E-state index in [1.165, 1.54) is 0 Å². The summed E-state index contributed by atoms with van der Waals surface area (Å²) in [5.74, 6) is 0.653. The lowest BCUT2D eigenvalue weighted by Crippen LogP contribution is -2.39. The fraction of sp³-hybridized carbons (Fsp3) is 0.500. The second kappa shape index (κ2) is 6.24. The van der Waals surface area contributed by atoms with E-state index in [2.05, 4.69) is 0 Å². The number of rotatable bonds is 4. The van der Waals surface area contributed by atoms with Crippen LogP contribution in [0.2, 0.25) is 39.3 Å². The maximum absolute atomic E-state index is 13.8. The molecule has 0 saturated carbocycles. The van der Waals surface area contributed by atoms with Crippen molar-refractivity contribution in [1.29, 1.82) is 0 Å². The third-order valence-corrected chi connectivity index (χ3v) is 7.73. The SMILES string of the molecule is COc1ccc(/C(=C(/C(F)(F)F)[Si](C)(C)C)[Si](C)(C)C)cc1. The van der Waals surface area contributed by atoms with Crippen LogP contribution in [-0.4, -0.2) is 29.4 Å². The van der Waals surface area contributed by atoms with Crippen molar-refractivity contribution < 1.29 is 17.9 Å². The summed E-state index contributed by atoms with van der Waals surface area (Å²) < 4.78 is 46.5. The molecule has 0 fully saturated rings. The van der Waals surface area contributed by atoms with Crippen LogP contribution in [0.4, 0.5) is 13.2 Å². The van der Waals surface area contributed by atoms with Gasteiger partial charge >= 0.3 is 6.18 Å². The number of hydrogen-bond donors (Lipinski definition) is 0. The van der Waals surface area contributed by atoms with Crippen LogP contribution in [0.15, 0.2) is 29.5 Å². The molecule has 0 N–H and O–H groups in total. The van der Waals surface area contributed by atoms with E-state index >= 15 is 0 Å². The summed E-state index contributed by atoms with van der Waals surface area (Å²) in [6.07, 6.45) is -4.28. The first-order valence-corrected chi connectivity index (χ1v) is 14.3. The van der Waals surface area contributed by atoms with E-state index in [9.17, 15) is 13.2 Å². The van der Waals surface area contributed by atoms with Gasteiger partial charge in [-0.3, -0.25) is 0 Å². The Morgan fingerprint density at radius 1 is 0.864 bits per heavy atom. The molecule has 0 atom stereocenters. The van der Waals surface area contributed by atoms with E-state index in [0.29, 0.717) is 16.5 Å². The van der Waals surface area contributed by atoms with Gasteiger partial charge in [-0.05, 0) is 22.9 Å². The smallest absolute Gasteiger partial charge is 0.409 e. The average molecular weight is 347 g/mol. The predicted octanol–water partition coefficient (Wildman–Crippen LogP) is 5.77. The third-order valence-electron chi connectivity index (χ3n) is 3.41. The first-order chi connectivity index (χ1) is 9.78. The Balaban J connectivity index is 3.72. The van der Waals surface area contributed by atoms with E-state index in [0.717, 1.165) is 0 Å². The van der Waals surface area contributed by atoms with Crippen LogP contribution in [0.1, 0.15) is 5.56 Å². The average Bonchev–Trinajstić information content (AvgIpc) is 2.31. The van der Waals surface area contributed by atoms with Gasteiger partial charge in [0, 0.05) is 5.20 Å². The first-order valence-electron chi connectivity index (χ1n) is 7.25. The quantitative estimate of drug-likeness (QED) is 0.629. The number of halogens is 3. The van der Waals surface area contributed by atoms with Gasteiger partial charge in [-0.1, -0.05) is 51.4 Å². The van der Waals surface area contributed by atoms with Gasteiger partial charge in [0.25, 0.3) is 0 Å². The van der Waals surface area contributed by atoms with Gasteiger partial charge in [0.2, 0.25) is 0 Å². The molecule has 0 aliphatic carbocycles. The summed E-state index contributed by atoms with van der Waals surface area (Å²) in [6.45, 7) is 11.2. The number of ether oxygens (including phenoxy) is 1. The predicted molar refractivity (Wildman–Crippen MR) is 92.7 cm³/mol. The van der Waals surface area contributed by atoms with Crippen LogP contribution < -0.4 is 4.74 Å². The number of benzene rings is 1. The lowest BCUT2D eigenvalue weighted by Gasteiger charge is -2.33. The van der Waals surface area contributed by atoms with E-state index in [1.807, 2.05) is 19.6 Å². The molecule has 6 heteroatoms. The number of allylic oxidation sites excluding steroid dienone is 1. The Morgan fingerprint density at radius 3 is 1.59 bits per heavy atom. The van der Waals surface area contributed by atoms with Gasteiger partial charge in [-0.15, -0.1) is 0 Å². The van der Waals surface area contributed by atoms with Crippen LogP contribution in [0.5, 0.6) is 5.75 Å². The highest BCUT2D eigenvalue weighted by Gasteiger charge is 2.46. The van der Waals surface area contributed by atoms with Crippen molar-refractivity contribution in [3.63, 3.8) is 0 Å². The highest BCUT2D eigenvalue weighted by Crippen LogP contribution is 2.42. The molecule has 0 radical (unpaired) electrons. The van der Waals surface area contributed by atoms with E-state index < -0.39 is 22.3 Å². The van der Waals surface area contributed by atoms with Crippen LogP contribution >= 0.6 is 0 Å². The highest BCUT2D eigenvalue weighted by molar-refractivity contribution is 6.98. The van der Waals surface area contributed by atoms with E-state index in [4.69, 9.17) is 4.74 Å². The Labute approximate surface area is 133 Å². The minimum atomic E-state index is -4.28. The minimum absolute atomic E-state index is 0.274. The Bertz CT molecular complexity index is 531. The van der Waals surface area contributed by atoms with Crippen molar-refractivity contribution in [2.24, 2.45) is 0 Å². The molecule has 0 aromatic heterocycles. The zero-order valence-corrected chi connectivity index (χ0v) is 16.4. The fourth-order valence-electron chi connectivity index (χ4n) is 2.65. The standard InChI is InChI=1S/C16H25F3OSi2/c1-20-13-10-8-12(9-11-13)14(21(2,3)4)15(16(17,18)19)22(5,6)7/h8-11H,1-7H3/b15-14+. The van der Waals surface area contributed by atoms with Crippen LogP contribution in [0.3, 0.4) is 0 Å². The molecule has 0 unspecified atom stereocenters. The summed E-state index contributed by atoms with van der Waals surface area (Å²) >= 11 is 0. The largest absolute Gasteiger partial charge is 0.497 e.